The first kappa shape index (κ1) is 13.9. The molecular weight excluding hydrogens is 254 g/mol. The van der Waals surface area contributed by atoms with E-state index in [9.17, 15) is 10.1 Å². The van der Waals surface area contributed by atoms with Gasteiger partial charge in [0.25, 0.3) is 0 Å². The molecule has 1 unspecified atom stereocenters. The van der Waals surface area contributed by atoms with Crippen molar-refractivity contribution in [2.75, 3.05) is 7.11 Å². The van der Waals surface area contributed by atoms with Gasteiger partial charge in [-0.05, 0) is 37.5 Å². The third-order valence-corrected chi connectivity index (χ3v) is 3.65. The summed E-state index contributed by atoms with van der Waals surface area (Å²) in [6.45, 7) is 1.63. The van der Waals surface area contributed by atoms with Crippen molar-refractivity contribution < 1.29 is 9.53 Å². The summed E-state index contributed by atoms with van der Waals surface area (Å²) in [6, 6.07) is 11.1. The number of methoxy groups -OCH3 is 1. The Morgan fingerprint density at radius 1 is 1.35 bits per heavy atom. The zero-order chi connectivity index (χ0) is 14.8. The highest BCUT2D eigenvalue weighted by molar-refractivity contribution is 5.89. The van der Waals surface area contributed by atoms with E-state index in [-0.39, 0.29) is 5.91 Å². The minimum absolute atomic E-state index is 0.375. The Hall–Kier alpha value is -2.53. The Labute approximate surface area is 117 Å². The topological polar surface area (TPSA) is 85.9 Å². The van der Waals surface area contributed by atoms with Gasteiger partial charge in [0.2, 0.25) is 5.91 Å². The van der Waals surface area contributed by atoms with Crippen LogP contribution < -0.4 is 10.1 Å². The highest BCUT2D eigenvalue weighted by Gasteiger charge is 2.52. The zero-order valence-electron chi connectivity index (χ0n) is 11.4. The maximum absolute atomic E-state index is 12.1. The van der Waals surface area contributed by atoms with Crippen molar-refractivity contribution in [1.82, 2.24) is 5.32 Å². The van der Waals surface area contributed by atoms with E-state index in [4.69, 9.17) is 10.00 Å². The van der Waals surface area contributed by atoms with Gasteiger partial charge in [0.1, 0.15) is 16.7 Å². The van der Waals surface area contributed by atoms with Gasteiger partial charge >= 0.3 is 0 Å². The number of nitrogens with one attached hydrogen (secondary N) is 1. The minimum atomic E-state index is -1.16. The highest BCUT2D eigenvalue weighted by Crippen LogP contribution is 2.45. The number of carbonyl (C=O) groups excluding carboxylic acids is 1. The second-order valence-corrected chi connectivity index (χ2v) is 5.11. The Kier molecular flexibility index (Phi) is 3.38. The molecule has 1 aromatic carbocycles. The van der Waals surface area contributed by atoms with Crippen molar-refractivity contribution in [3.63, 3.8) is 0 Å². The maximum atomic E-state index is 12.1. The molecule has 1 saturated carbocycles. The average molecular weight is 269 g/mol. The lowest BCUT2D eigenvalue weighted by atomic mass is 9.92. The summed E-state index contributed by atoms with van der Waals surface area (Å²) in [7, 11) is 1.56. The van der Waals surface area contributed by atoms with Gasteiger partial charge in [-0.15, -0.1) is 0 Å². The number of carbonyl (C=O) groups is 1. The lowest BCUT2D eigenvalue weighted by molar-refractivity contribution is -0.125. The average Bonchev–Trinajstić information content (AvgIpc) is 3.28. The van der Waals surface area contributed by atoms with Crippen LogP contribution in [-0.4, -0.2) is 13.0 Å². The molecule has 0 saturated heterocycles. The summed E-state index contributed by atoms with van der Waals surface area (Å²) in [5, 5.41) is 21.1. The molecule has 0 spiro atoms. The fraction of sp³-hybridized carbons (Fsp3) is 0.400. The Bertz CT molecular complexity index is 605. The predicted molar refractivity (Wildman–Crippen MR) is 71.4 cm³/mol. The largest absolute Gasteiger partial charge is 0.497 e. The monoisotopic (exact) mass is 269 g/mol. The Balaban J connectivity index is 2.23. The fourth-order valence-electron chi connectivity index (χ4n) is 1.95. The first-order valence-corrected chi connectivity index (χ1v) is 6.29. The van der Waals surface area contributed by atoms with E-state index in [1.807, 2.05) is 6.07 Å². The van der Waals surface area contributed by atoms with Gasteiger partial charge in [-0.25, -0.2) is 0 Å². The van der Waals surface area contributed by atoms with Gasteiger partial charge in [-0.2, -0.15) is 10.5 Å². The molecular formula is C15H15N3O2. The first-order valence-electron chi connectivity index (χ1n) is 6.29. The number of hydrogen-bond acceptors (Lipinski definition) is 4. The molecule has 0 heterocycles. The summed E-state index contributed by atoms with van der Waals surface area (Å²) >= 11 is 0. The van der Waals surface area contributed by atoms with E-state index in [1.165, 1.54) is 0 Å². The highest BCUT2D eigenvalue weighted by atomic mass is 16.5. The summed E-state index contributed by atoms with van der Waals surface area (Å²) in [5.41, 5.74) is -1.44. The minimum Gasteiger partial charge on any atom is -0.497 e. The van der Waals surface area contributed by atoms with E-state index in [0.717, 1.165) is 0 Å². The summed E-state index contributed by atoms with van der Waals surface area (Å²) in [5.74, 6) is 0.302. The zero-order valence-corrected chi connectivity index (χ0v) is 11.4. The number of benzene rings is 1. The second kappa shape index (κ2) is 4.86. The molecule has 20 heavy (non-hydrogen) atoms. The van der Waals surface area contributed by atoms with E-state index < -0.39 is 11.0 Å². The lowest BCUT2D eigenvalue weighted by Crippen LogP contribution is -2.45. The standard InChI is InChI=1S/C15H15N3O2/c1-14(9-16,11-3-5-12(20-2)6-4-11)18-13(19)15(10-17)7-8-15/h3-6H,7-8H2,1-2H3,(H,18,19). The van der Waals surface area contributed by atoms with Crippen molar-refractivity contribution in [2.45, 2.75) is 25.3 Å². The van der Waals surface area contributed by atoms with Crippen molar-refractivity contribution in [1.29, 1.82) is 10.5 Å². The molecule has 1 aliphatic rings. The molecule has 0 bridgehead atoms. The third kappa shape index (κ3) is 2.31. The van der Waals surface area contributed by atoms with Gasteiger partial charge in [-0.1, -0.05) is 12.1 Å². The molecule has 102 valence electrons. The smallest absolute Gasteiger partial charge is 0.241 e. The molecule has 2 rings (SSSR count). The van der Waals surface area contributed by atoms with Gasteiger partial charge < -0.3 is 10.1 Å². The quantitative estimate of drug-likeness (QED) is 0.903. The number of ether oxygens (including phenoxy) is 1. The van der Waals surface area contributed by atoms with Crippen LogP contribution >= 0.6 is 0 Å². The Morgan fingerprint density at radius 3 is 2.35 bits per heavy atom. The molecule has 1 aromatic rings. The molecule has 1 N–H and O–H groups in total. The first-order chi connectivity index (χ1) is 9.49. The van der Waals surface area contributed by atoms with E-state index in [0.29, 0.717) is 24.2 Å². The van der Waals surface area contributed by atoms with Crippen LogP contribution in [0.15, 0.2) is 24.3 Å². The van der Waals surface area contributed by atoms with E-state index >= 15 is 0 Å². The van der Waals surface area contributed by atoms with Gasteiger partial charge in [0.15, 0.2) is 0 Å². The predicted octanol–water partition coefficient (Wildman–Crippen LogP) is 1.85. The van der Waals surface area contributed by atoms with Gasteiger partial charge in [0, 0.05) is 0 Å². The summed E-state index contributed by atoms with van der Waals surface area (Å²) in [4.78, 5) is 12.1. The maximum Gasteiger partial charge on any atom is 0.241 e. The SMILES string of the molecule is COc1ccc(C(C)(C#N)NC(=O)C2(C#N)CC2)cc1. The van der Waals surface area contributed by atoms with E-state index in [2.05, 4.69) is 11.4 Å². The molecule has 5 heteroatoms. The van der Waals surface area contributed by atoms with Crippen LogP contribution in [0.25, 0.3) is 0 Å². The van der Waals surface area contributed by atoms with Gasteiger partial charge in [-0.3, -0.25) is 4.79 Å². The Morgan fingerprint density at radius 2 is 1.95 bits per heavy atom. The second-order valence-electron chi connectivity index (χ2n) is 5.11. The summed E-state index contributed by atoms with van der Waals surface area (Å²) in [6.07, 6.45) is 1.11. The number of hydrogen-bond donors (Lipinski definition) is 1. The number of nitrogens with zero attached hydrogens (tertiary/aromatic N) is 2. The molecule has 0 radical (unpaired) electrons. The number of nitriles is 2. The van der Waals surface area contributed by atoms with Crippen LogP contribution in [0.3, 0.4) is 0 Å². The molecule has 1 fully saturated rings. The van der Waals surface area contributed by atoms with Crippen LogP contribution in [0.1, 0.15) is 25.3 Å². The van der Waals surface area contributed by atoms with Crippen molar-refractivity contribution in [3.05, 3.63) is 29.8 Å². The molecule has 1 atom stereocenters. The molecule has 5 nitrogen and oxygen atoms in total. The van der Waals surface area contributed by atoms with Crippen molar-refractivity contribution >= 4 is 5.91 Å². The molecule has 1 amide bonds. The molecule has 1 aliphatic carbocycles. The van der Waals surface area contributed by atoms with Gasteiger partial charge in [0.05, 0.1) is 19.2 Å². The fourth-order valence-corrected chi connectivity index (χ4v) is 1.95. The third-order valence-electron chi connectivity index (χ3n) is 3.65. The van der Waals surface area contributed by atoms with Crippen LogP contribution in [0.2, 0.25) is 0 Å². The van der Waals surface area contributed by atoms with Crippen molar-refractivity contribution in [3.8, 4) is 17.9 Å². The number of rotatable bonds is 4. The van der Waals surface area contributed by atoms with Crippen LogP contribution in [0.4, 0.5) is 0 Å². The molecule has 0 aliphatic heterocycles. The van der Waals surface area contributed by atoms with Crippen LogP contribution in [0.5, 0.6) is 5.75 Å². The normalized spacial score (nSPS) is 18.0. The number of amides is 1. The van der Waals surface area contributed by atoms with Crippen molar-refractivity contribution in [2.24, 2.45) is 5.41 Å². The molecule has 0 aromatic heterocycles. The lowest BCUT2D eigenvalue weighted by Gasteiger charge is -2.25. The van der Waals surface area contributed by atoms with E-state index in [1.54, 1.807) is 38.3 Å². The van der Waals surface area contributed by atoms with Crippen LogP contribution in [0, 0.1) is 28.1 Å². The summed E-state index contributed by atoms with van der Waals surface area (Å²) < 4.78 is 5.06. The van der Waals surface area contributed by atoms with Crippen LogP contribution in [-0.2, 0) is 10.3 Å².